The van der Waals surface area contributed by atoms with Crippen molar-refractivity contribution in [2.45, 2.75) is 33.1 Å². The molecule has 140 valence electrons. The molecule has 2 N–H and O–H groups in total. The first-order chi connectivity index (χ1) is 12.5. The standard InChI is InChI=1S/C23H33N3/c1-6-25-14-16-26(15-13-20-8-11-22(24-5)12-9-20)23-17-21(18(2)3)10-7-19(23)4/h6-12,17-18,24-25H,1,13-16H2,2-5H3. The highest BCUT2D eigenvalue weighted by molar-refractivity contribution is 5.56. The van der Waals surface area contributed by atoms with Crippen LogP contribution in [0.15, 0.2) is 55.2 Å². The Morgan fingerprint density at radius 2 is 1.81 bits per heavy atom. The minimum Gasteiger partial charge on any atom is -0.390 e. The molecule has 0 fully saturated rings. The second-order valence-electron chi connectivity index (χ2n) is 7.04. The molecule has 3 nitrogen and oxygen atoms in total. The van der Waals surface area contributed by atoms with E-state index >= 15 is 0 Å². The summed E-state index contributed by atoms with van der Waals surface area (Å²) in [4.78, 5) is 2.49. The van der Waals surface area contributed by atoms with E-state index in [-0.39, 0.29) is 0 Å². The molecule has 0 radical (unpaired) electrons. The molecule has 0 aliphatic rings. The van der Waals surface area contributed by atoms with Gasteiger partial charge < -0.3 is 15.5 Å². The van der Waals surface area contributed by atoms with Crippen LogP contribution in [0.25, 0.3) is 0 Å². The van der Waals surface area contributed by atoms with Crippen LogP contribution in [0.2, 0.25) is 0 Å². The highest BCUT2D eigenvalue weighted by Gasteiger charge is 2.11. The van der Waals surface area contributed by atoms with Gasteiger partial charge in [0.15, 0.2) is 0 Å². The van der Waals surface area contributed by atoms with E-state index in [9.17, 15) is 0 Å². The summed E-state index contributed by atoms with van der Waals surface area (Å²) in [5.74, 6) is 0.539. The van der Waals surface area contributed by atoms with Gasteiger partial charge in [-0.15, -0.1) is 0 Å². The molecule has 0 aliphatic heterocycles. The Morgan fingerprint density at radius 1 is 1.08 bits per heavy atom. The summed E-state index contributed by atoms with van der Waals surface area (Å²) in [7, 11) is 1.95. The lowest BCUT2D eigenvalue weighted by molar-refractivity contribution is 0.731. The van der Waals surface area contributed by atoms with Crippen molar-refractivity contribution in [1.29, 1.82) is 0 Å². The third-order valence-electron chi connectivity index (χ3n) is 4.82. The molecule has 0 saturated heterocycles. The third-order valence-corrected chi connectivity index (χ3v) is 4.82. The number of nitrogens with one attached hydrogen (secondary N) is 2. The molecule has 0 aliphatic carbocycles. The molecule has 0 bridgehead atoms. The van der Waals surface area contributed by atoms with E-state index in [1.54, 1.807) is 6.20 Å². The lowest BCUT2D eigenvalue weighted by Crippen LogP contribution is -2.33. The molecule has 3 heteroatoms. The van der Waals surface area contributed by atoms with Gasteiger partial charge in [0.05, 0.1) is 0 Å². The molecular weight excluding hydrogens is 318 g/mol. The molecule has 2 aromatic rings. The highest BCUT2D eigenvalue weighted by Crippen LogP contribution is 2.26. The number of benzene rings is 2. The topological polar surface area (TPSA) is 27.3 Å². The zero-order valence-electron chi connectivity index (χ0n) is 16.7. The van der Waals surface area contributed by atoms with Crippen LogP contribution in [0.3, 0.4) is 0 Å². The molecular formula is C23H33N3. The average molecular weight is 352 g/mol. The minimum atomic E-state index is 0.539. The van der Waals surface area contributed by atoms with E-state index in [0.717, 1.165) is 31.7 Å². The molecule has 0 saturated carbocycles. The molecule has 0 heterocycles. The first-order valence-corrected chi connectivity index (χ1v) is 9.51. The minimum absolute atomic E-state index is 0.539. The largest absolute Gasteiger partial charge is 0.390 e. The van der Waals surface area contributed by atoms with Crippen LogP contribution < -0.4 is 15.5 Å². The molecule has 0 aromatic heterocycles. The predicted octanol–water partition coefficient (Wildman–Crippen LogP) is 4.94. The second-order valence-corrected chi connectivity index (χ2v) is 7.04. The number of rotatable bonds is 10. The summed E-state index contributed by atoms with van der Waals surface area (Å²) < 4.78 is 0. The van der Waals surface area contributed by atoms with Gasteiger partial charge in [-0.3, -0.25) is 0 Å². The Labute approximate surface area is 159 Å². The lowest BCUT2D eigenvalue weighted by atomic mass is 10.00. The Kier molecular flexibility index (Phi) is 7.58. The fourth-order valence-electron chi connectivity index (χ4n) is 3.08. The van der Waals surface area contributed by atoms with Crippen LogP contribution in [-0.4, -0.2) is 26.7 Å². The molecule has 2 aromatic carbocycles. The molecule has 0 amide bonds. The van der Waals surface area contributed by atoms with Gasteiger partial charge in [0.2, 0.25) is 0 Å². The first kappa shape index (κ1) is 19.9. The summed E-state index contributed by atoms with van der Waals surface area (Å²) in [6, 6.07) is 15.6. The van der Waals surface area contributed by atoms with Crippen LogP contribution in [-0.2, 0) is 6.42 Å². The van der Waals surface area contributed by atoms with Crippen LogP contribution in [0.1, 0.15) is 36.5 Å². The van der Waals surface area contributed by atoms with Crippen molar-refractivity contribution in [3.05, 3.63) is 71.9 Å². The van der Waals surface area contributed by atoms with Crippen LogP contribution in [0.4, 0.5) is 11.4 Å². The van der Waals surface area contributed by atoms with Crippen molar-refractivity contribution in [3.63, 3.8) is 0 Å². The Balaban J connectivity index is 2.16. The van der Waals surface area contributed by atoms with Gasteiger partial charge in [-0.05, 0) is 60.4 Å². The number of hydrogen-bond donors (Lipinski definition) is 2. The van der Waals surface area contributed by atoms with Gasteiger partial charge >= 0.3 is 0 Å². The van der Waals surface area contributed by atoms with E-state index in [1.807, 2.05) is 7.05 Å². The first-order valence-electron chi connectivity index (χ1n) is 9.51. The van der Waals surface area contributed by atoms with Crippen LogP contribution in [0.5, 0.6) is 0 Å². The van der Waals surface area contributed by atoms with Gasteiger partial charge in [-0.25, -0.2) is 0 Å². The average Bonchev–Trinajstić information content (AvgIpc) is 2.65. The lowest BCUT2D eigenvalue weighted by Gasteiger charge is -2.28. The number of anilines is 2. The summed E-state index contributed by atoms with van der Waals surface area (Å²) in [6.45, 7) is 13.3. The van der Waals surface area contributed by atoms with Gasteiger partial charge in [-0.2, -0.15) is 0 Å². The molecule has 0 atom stereocenters. The van der Waals surface area contributed by atoms with Crippen molar-refractivity contribution >= 4 is 11.4 Å². The van der Waals surface area contributed by atoms with Gasteiger partial charge in [0.25, 0.3) is 0 Å². The quantitative estimate of drug-likeness (QED) is 0.594. The predicted molar refractivity (Wildman–Crippen MR) is 115 cm³/mol. The molecule has 26 heavy (non-hydrogen) atoms. The molecule has 2 rings (SSSR count). The number of aryl methyl sites for hydroxylation is 1. The Morgan fingerprint density at radius 3 is 2.42 bits per heavy atom. The van der Waals surface area contributed by atoms with Gasteiger partial charge in [0.1, 0.15) is 0 Å². The van der Waals surface area contributed by atoms with Crippen LogP contribution >= 0.6 is 0 Å². The summed E-state index contributed by atoms with van der Waals surface area (Å²) in [6.07, 6.45) is 2.80. The van der Waals surface area contributed by atoms with Crippen molar-refractivity contribution in [1.82, 2.24) is 5.32 Å². The van der Waals surface area contributed by atoms with E-state index in [2.05, 4.69) is 85.3 Å². The highest BCUT2D eigenvalue weighted by atomic mass is 15.1. The second kappa shape index (κ2) is 9.91. The van der Waals surface area contributed by atoms with Crippen molar-refractivity contribution in [2.75, 3.05) is 36.9 Å². The number of nitrogens with zero attached hydrogens (tertiary/aromatic N) is 1. The van der Waals surface area contributed by atoms with E-state index in [0.29, 0.717) is 5.92 Å². The van der Waals surface area contributed by atoms with Crippen molar-refractivity contribution in [2.24, 2.45) is 0 Å². The van der Waals surface area contributed by atoms with Gasteiger partial charge in [0, 0.05) is 38.1 Å². The monoisotopic (exact) mass is 351 g/mol. The smallest absolute Gasteiger partial charge is 0.0399 e. The van der Waals surface area contributed by atoms with E-state index in [1.165, 1.54) is 22.4 Å². The normalized spacial score (nSPS) is 10.7. The maximum Gasteiger partial charge on any atom is 0.0399 e. The van der Waals surface area contributed by atoms with E-state index < -0.39 is 0 Å². The zero-order valence-corrected chi connectivity index (χ0v) is 16.7. The van der Waals surface area contributed by atoms with Gasteiger partial charge in [-0.1, -0.05) is 44.7 Å². The van der Waals surface area contributed by atoms with Crippen molar-refractivity contribution in [3.8, 4) is 0 Å². The molecule has 0 spiro atoms. The summed E-state index contributed by atoms with van der Waals surface area (Å²) in [5.41, 5.74) is 6.59. The Hall–Kier alpha value is -2.42. The van der Waals surface area contributed by atoms with E-state index in [4.69, 9.17) is 0 Å². The Bertz CT molecular complexity index is 689. The number of hydrogen-bond acceptors (Lipinski definition) is 3. The maximum atomic E-state index is 3.76. The summed E-state index contributed by atoms with van der Waals surface area (Å²) in [5, 5.41) is 6.41. The SMILES string of the molecule is C=CNCCN(CCc1ccc(NC)cc1)c1cc(C(C)C)ccc1C. The summed E-state index contributed by atoms with van der Waals surface area (Å²) >= 11 is 0. The maximum absolute atomic E-state index is 3.76. The fourth-order valence-corrected chi connectivity index (χ4v) is 3.08. The molecule has 0 unspecified atom stereocenters. The zero-order chi connectivity index (χ0) is 18.9. The van der Waals surface area contributed by atoms with Crippen molar-refractivity contribution < 1.29 is 0 Å². The fraction of sp³-hybridized carbons (Fsp3) is 0.391. The van der Waals surface area contributed by atoms with Crippen LogP contribution in [0, 0.1) is 6.92 Å². The third kappa shape index (κ3) is 5.55.